The van der Waals surface area contributed by atoms with Crippen LogP contribution < -0.4 is 4.74 Å². The van der Waals surface area contributed by atoms with Crippen molar-refractivity contribution in [3.63, 3.8) is 0 Å². The van der Waals surface area contributed by atoms with Gasteiger partial charge in [-0.2, -0.15) is 0 Å². The van der Waals surface area contributed by atoms with Gasteiger partial charge in [-0.05, 0) is 42.2 Å². The Kier molecular flexibility index (Phi) is 4.43. The number of aryl methyl sites for hydroxylation is 1. The summed E-state index contributed by atoms with van der Waals surface area (Å²) < 4.78 is 6.37. The number of ether oxygens (including phenoxy) is 1. The smallest absolute Gasteiger partial charge is 0.226 e. The highest BCUT2D eigenvalue weighted by Crippen LogP contribution is 2.39. The first-order valence-corrected chi connectivity index (χ1v) is 9.31. The van der Waals surface area contributed by atoms with Gasteiger partial charge in [0.15, 0.2) is 0 Å². The summed E-state index contributed by atoms with van der Waals surface area (Å²) in [5, 5.41) is 0.700. The van der Waals surface area contributed by atoms with Gasteiger partial charge in [0.1, 0.15) is 11.4 Å². The predicted octanol–water partition coefficient (Wildman–Crippen LogP) is 4.27. The molecule has 1 spiro atoms. The molecule has 1 amide bonds. The summed E-state index contributed by atoms with van der Waals surface area (Å²) in [7, 11) is 0. The van der Waals surface area contributed by atoms with Crippen molar-refractivity contribution in [3.8, 4) is 5.75 Å². The molecule has 0 bridgehead atoms. The summed E-state index contributed by atoms with van der Waals surface area (Å²) in [5.74, 6) is 1.21. The van der Waals surface area contributed by atoms with E-state index in [9.17, 15) is 4.79 Å². The van der Waals surface area contributed by atoms with Crippen molar-refractivity contribution in [2.45, 2.75) is 37.7 Å². The van der Waals surface area contributed by atoms with Crippen LogP contribution in [0.25, 0.3) is 0 Å². The van der Waals surface area contributed by atoms with Crippen LogP contribution in [0.1, 0.15) is 30.4 Å². The van der Waals surface area contributed by atoms with Crippen LogP contribution in [0.15, 0.2) is 48.5 Å². The number of hydrogen-bond acceptors (Lipinski definition) is 2. The second-order valence-electron chi connectivity index (χ2n) is 7.08. The van der Waals surface area contributed by atoms with Crippen molar-refractivity contribution in [1.29, 1.82) is 0 Å². The average Bonchev–Trinajstić information content (AvgIpc) is 2.64. The van der Waals surface area contributed by atoms with Crippen molar-refractivity contribution in [2.75, 3.05) is 13.1 Å². The van der Waals surface area contributed by atoms with Crippen molar-refractivity contribution in [3.05, 3.63) is 64.7 Å². The van der Waals surface area contributed by atoms with E-state index in [1.807, 2.05) is 35.2 Å². The quantitative estimate of drug-likeness (QED) is 0.805. The lowest BCUT2D eigenvalue weighted by Crippen LogP contribution is -2.51. The largest absolute Gasteiger partial charge is 0.487 e. The van der Waals surface area contributed by atoms with Gasteiger partial charge in [0, 0.05) is 31.0 Å². The molecular formula is C21H22ClNO2. The van der Waals surface area contributed by atoms with Crippen LogP contribution in [0, 0.1) is 0 Å². The van der Waals surface area contributed by atoms with Crippen molar-refractivity contribution >= 4 is 17.5 Å². The Bertz CT molecular complexity index is 764. The Morgan fingerprint density at radius 2 is 1.76 bits per heavy atom. The fraction of sp³-hybridized carbons (Fsp3) is 0.381. The number of amides is 1. The van der Waals surface area contributed by atoms with Crippen molar-refractivity contribution in [2.24, 2.45) is 0 Å². The minimum absolute atomic E-state index is 0.0919. The molecule has 130 valence electrons. The van der Waals surface area contributed by atoms with Gasteiger partial charge in [-0.15, -0.1) is 0 Å². The van der Waals surface area contributed by atoms with Crippen LogP contribution in [-0.4, -0.2) is 29.5 Å². The number of likely N-dealkylation sites (tertiary alicyclic amines) is 1. The van der Waals surface area contributed by atoms with Crippen LogP contribution in [0.5, 0.6) is 5.75 Å². The molecule has 2 aromatic rings. The molecule has 1 fully saturated rings. The SMILES string of the molecule is O=C(Cc1ccc(Cl)cc1)N1CCC2(CCc3ccccc3O2)CC1. The minimum Gasteiger partial charge on any atom is -0.487 e. The zero-order valence-corrected chi connectivity index (χ0v) is 15.0. The number of nitrogens with zero attached hydrogens (tertiary/aromatic N) is 1. The van der Waals surface area contributed by atoms with Gasteiger partial charge >= 0.3 is 0 Å². The maximum Gasteiger partial charge on any atom is 0.226 e. The van der Waals surface area contributed by atoms with Crippen molar-refractivity contribution in [1.82, 2.24) is 4.90 Å². The van der Waals surface area contributed by atoms with E-state index in [0.29, 0.717) is 11.4 Å². The summed E-state index contributed by atoms with van der Waals surface area (Å²) in [6, 6.07) is 15.8. The highest BCUT2D eigenvalue weighted by Gasteiger charge is 2.40. The lowest BCUT2D eigenvalue weighted by Gasteiger charge is -2.44. The Labute approximate surface area is 153 Å². The highest BCUT2D eigenvalue weighted by atomic mass is 35.5. The number of halogens is 1. The fourth-order valence-electron chi connectivity index (χ4n) is 3.86. The molecule has 2 heterocycles. The van der Waals surface area contributed by atoms with Crippen LogP contribution in [-0.2, 0) is 17.6 Å². The summed E-state index contributed by atoms with van der Waals surface area (Å²) >= 11 is 5.91. The number of carbonyl (C=O) groups is 1. The molecule has 2 aliphatic heterocycles. The Hall–Kier alpha value is -2.00. The predicted molar refractivity (Wildman–Crippen MR) is 99.1 cm³/mol. The topological polar surface area (TPSA) is 29.5 Å². The molecule has 0 radical (unpaired) electrons. The summed E-state index contributed by atoms with van der Waals surface area (Å²) in [6.07, 6.45) is 4.37. The van der Waals surface area contributed by atoms with Gasteiger partial charge in [0.25, 0.3) is 0 Å². The first kappa shape index (κ1) is 16.5. The van der Waals surface area contributed by atoms with E-state index >= 15 is 0 Å². The molecule has 4 heteroatoms. The Morgan fingerprint density at radius 3 is 2.52 bits per heavy atom. The van der Waals surface area contributed by atoms with Crippen LogP contribution in [0.4, 0.5) is 0 Å². The maximum atomic E-state index is 12.6. The molecule has 25 heavy (non-hydrogen) atoms. The first-order valence-electron chi connectivity index (χ1n) is 8.93. The second-order valence-corrected chi connectivity index (χ2v) is 7.51. The van der Waals surface area contributed by atoms with E-state index < -0.39 is 0 Å². The number of para-hydroxylation sites is 1. The Morgan fingerprint density at radius 1 is 1.04 bits per heavy atom. The third-order valence-electron chi connectivity index (χ3n) is 5.45. The molecule has 0 unspecified atom stereocenters. The minimum atomic E-state index is -0.0919. The zero-order valence-electron chi connectivity index (χ0n) is 14.2. The van der Waals surface area contributed by atoms with Crippen LogP contribution >= 0.6 is 11.6 Å². The lowest BCUT2D eigenvalue weighted by molar-refractivity contribution is -0.134. The standard InChI is InChI=1S/C21H22ClNO2/c22-18-7-5-16(6-8-18)15-20(24)23-13-11-21(12-14-23)10-9-17-3-1-2-4-19(17)25-21/h1-8H,9-15H2. The van der Waals surface area contributed by atoms with E-state index in [0.717, 1.165) is 50.1 Å². The number of rotatable bonds is 2. The van der Waals surface area contributed by atoms with Gasteiger partial charge in [0.05, 0.1) is 6.42 Å². The van der Waals surface area contributed by atoms with Gasteiger partial charge in [-0.25, -0.2) is 0 Å². The Balaban J connectivity index is 1.37. The maximum absolute atomic E-state index is 12.6. The highest BCUT2D eigenvalue weighted by molar-refractivity contribution is 6.30. The van der Waals surface area contributed by atoms with Gasteiger partial charge < -0.3 is 9.64 Å². The molecule has 0 aromatic heterocycles. The second kappa shape index (κ2) is 6.72. The van der Waals surface area contributed by atoms with Gasteiger partial charge in [-0.3, -0.25) is 4.79 Å². The van der Waals surface area contributed by atoms with E-state index in [4.69, 9.17) is 16.3 Å². The first-order chi connectivity index (χ1) is 12.1. The fourth-order valence-corrected chi connectivity index (χ4v) is 3.99. The third kappa shape index (κ3) is 3.52. The van der Waals surface area contributed by atoms with Gasteiger partial charge in [-0.1, -0.05) is 41.9 Å². The molecular weight excluding hydrogens is 334 g/mol. The van der Waals surface area contributed by atoms with Gasteiger partial charge in [0.2, 0.25) is 5.91 Å². The molecule has 0 atom stereocenters. The molecule has 0 N–H and O–H groups in total. The van der Waals surface area contributed by atoms with E-state index in [1.54, 1.807) is 0 Å². The molecule has 3 nitrogen and oxygen atoms in total. The zero-order chi connectivity index (χ0) is 17.3. The molecule has 4 rings (SSSR count). The summed E-state index contributed by atoms with van der Waals surface area (Å²) in [5.41, 5.74) is 2.22. The number of benzene rings is 2. The number of hydrogen-bond donors (Lipinski definition) is 0. The van der Waals surface area contributed by atoms with Crippen LogP contribution in [0.2, 0.25) is 5.02 Å². The van der Waals surface area contributed by atoms with Crippen molar-refractivity contribution < 1.29 is 9.53 Å². The summed E-state index contributed by atoms with van der Waals surface area (Å²) in [6.45, 7) is 1.54. The molecule has 2 aliphatic rings. The number of carbonyl (C=O) groups excluding carboxylic acids is 1. The molecule has 0 aliphatic carbocycles. The lowest BCUT2D eigenvalue weighted by atomic mass is 9.83. The monoisotopic (exact) mass is 355 g/mol. The average molecular weight is 356 g/mol. The molecule has 0 saturated carbocycles. The van der Waals surface area contributed by atoms with Crippen LogP contribution in [0.3, 0.4) is 0 Å². The number of fused-ring (bicyclic) bond motifs is 1. The van der Waals surface area contributed by atoms with E-state index in [1.165, 1.54) is 5.56 Å². The third-order valence-corrected chi connectivity index (χ3v) is 5.70. The number of piperidine rings is 1. The normalized spacial score (nSPS) is 18.5. The summed E-state index contributed by atoms with van der Waals surface area (Å²) in [4.78, 5) is 14.6. The molecule has 1 saturated heterocycles. The molecule has 2 aromatic carbocycles. The van der Waals surface area contributed by atoms with E-state index in [2.05, 4.69) is 18.2 Å². The van der Waals surface area contributed by atoms with E-state index in [-0.39, 0.29) is 11.5 Å².